The molecule has 3 aromatic rings. The zero-order valence-corrected chi connectivity index (χ0v) is 15.1. The van der Waals surface area contributed by atoms with Gasteiger partial charge in [0.05, 0.1) is 12.2 Å². The van der Waals surface area contributed by atoms with E-state index in [0.717, 1.165) is 5.56 Å². The number of phenolic OH excluding ortho intramolecular Hbond substituents is 1. The number of hydrogen-bond donors (Lipinski definition) is 2. The molecule has 5 nitrogen and oxygen atoms in total. The molecule has 3 rings (SSSR count). The number of aromatic nitrogens is 2. The Bertz CT molecular complexity index is 925. The Hall–Kier alpha value is -2.80. The number of thioether (sulfide) groups is 1. The number of nitrogens with zero attached hydrogens (tertiary/aromatic N) is 2. The van der Waals surface area contributed by atoms with Crippen molar-refractivity contribution in [3.8, 4) is 11.4 Å². The number of imidazole rings is 1. The van der Waals surface area contributed by atoms with Gasteiger partial charge in [-0.2, -0.15) is 0 Å². The van der Waals surface area contributed by atoms with Crippen molar-refractivity contribution in [3.63, 3.8) is 0 Å². The first-order valence-corrected chi connectivity index (χ1v) is 9.19. The molecule has 2 aromatic carbocycles. The Morgan fingerprint density at radius 2 is 2.00 bits per heavy atom. The molecule has 1 heterocycles. The van der Waals surface area contributed by atoms with Crippen molar-refractivity contribution in [2.75, 3.05) is 6.26 Å². The molecule has 0 aliphatic carbocycles. The summed E-state index contributed by atoms with van der Waals surface area (Å²) in [7, 11) is 0. The summed E-state index contributed by atoms with van der Waals surface area (Å²) in [5.74, 6) is -0.509. The van der Waals surface area contributed by atoms with Crippen LogP contribution in [0.25, 0.3) is 5.69 Å². The van der Waals surface area contributed by atoms with Crippen LogP contribution in [0.2, 0.25) is 0 Å². The molecule has 0 fully saturated rings. The predicted molar refractivity (Wildman–Crippen MR) is 99.3 cm³/mol. The minimum atomic E-state index is -0.344. The summed E-state index contributed by atoms with van der Waals surface area (Å²) in [4.78, 5) is 17.1. The van der Waals surface area contributed by atoms with E-state index in [-0.39, 0.29) is 23.5 Å². The number of benzene rings is 2. The average Bonchev–Trinajstić information content (AvgIpc) is 3.06. The largest absolute Gasteiger partial charge is 0.508 e. The number of carbonyl (C=O) groups is 1. The van der Waals surface area contributed by atoms with Crippen LogP contribution in [-0.4, -0.2) is 26.8 Å². The van der Waals surface area contributed by atoms with Gasteiger partial charge in [-0.3, -0.25) is 9.36 Å². The van der Waals surface area contributed by atoms with E-state index >= 15 is 0 Å². The lowest BCUT2D eigenvalue weighted by Gasteiger charge is -2.16. The van der Waals surface area contributed by atoms with Crippen molar-refractivity contribution < 1.29 is 14.3 Å². The predicted octanol–water partition coefficient (Wildman–Crippen LogP) is 3.93. The van der Waals surface area contributed by atoms with Crippen LogP contribution in [0.5, 0.6) is 5.75 Å². The smallest absolute Gasteiger partial charge is 0.270 e. The maximum absolute atomic E-state index is 13.2. The summed E-state index contributed by atoms with van der Waals surface area (Å²) in [6.07, 6.45) is 3.36. The van der Waals surface area contributed by atoms with E-state index in [4.69, 9.17) is 0 Å². The Morgan fingerprint density at radius 1 is 1.27 bits per heavy atom. The van der Waals surface area contributed by atoms with Crippen molar-refractivity contribution in [2.45, 2.75) is 18.1 Å². The first-order valence-electron chi connectivity index (χ1n) is 7.97. The van der Waals surface area contributed by atoms with E-state index in [2.05, 4.69) is 10.3 Å². The molecular formula is C19H18FN3O2S. The molecule has 0 saturated heterocycles. The Balaban J connectivity index is 1.90. The van der Waals surface area contributed by atoms with E-state index in [0.29, 0.717) is 16.5 Å². The van der Waals surface area contributed by atoms with Gasteiger partial charge in [-0.1, -0.05) is 23.9 Å². The third-order valence-corrected chi connectivity index (χ3v) is 4.60. The van der Waals surface area contributed by atoms with E-state index in [1.54, 1.807) is 34.9 Å². The third-order valence-electron chi connectivity index (χ3n) is 3.95. The minimum Gasteiger partial charge on any atom is -0.508 e. The molecule has 7 heteroatoms. The number of carbonyl (C=O) groups excluding carboxylic acids is 1. The Kier molecular flexibility index (Phi) is 5.27. The number of rotatable bonds is 5. The van der Waals surface area contributed by atoms with E-state index in [1.165, 1.54) is 30.1 Å². The van der Waals surface area contributed by atoms with Crippen LogP contribution < -0.4 is 5.32 Å². The van der Waals surface area contributed by atoms with Gasteiger partial charge in [-0.25, -0.2) is 9.37 Å². The second-order valence-corrected chi connectivity index (χ2v) is 6.51. The fourth-order valence-electron chi connectivity index (χ4n) is 2.63. The van der Waals surface area contributed by atoms with Gasteiger partial charge >= 0.3 is 0 Å². The molecule has 134 valence electrons. The third kappa shape index (κ3) is 3.72. The van der Waals surface area contributed by atoms with Gasteiger partial charge in [0.2, 0.25) is 0 Å². The topological polar surface area (TPSA) is 67.2 Å². The summed E-state index contributed by atoms with van der Waals surface area (Å²) in [5, 5.41) is 13.1. The molecule has 0 bridgehead atoms. The molecule has 0 saturated carbocycles. The molecule has 1 amide bonds. The zero-order valence-electron chi connectivity index (χ0n) is 14.3. The van der Waals surface area contributed by atoms with Crippen molar-refractivity contribution in [1.82, 2.24) is 14.9 Å². The normalized spacial score (nSPS) is 12.0. The Morgan fingerprint density at radius 3 is 2.65 bits per heavy atom. The lowest BCUT2D eigenvalue weighted by Crippen LogP contribution is -2.28. The molecule has 1 unspecified atom stereocenters. The Labute approximate surface area is 154 Å². The van der Waals surface area contributed by atoms with Gasteiger partial charge in [-0.05, 0) is 55.1 Å². The second kappa shape index (κ2) is 7.61. The fourth-order valence-corrected chi connectivity index (χ4v) is 3.17. The first kappa shape index (κ1) is 18.0. The summed E-state index contributed by atoms with van der Waals surface area (Å²) >= 11 is 1.39. The molecule has 1 atom stereocenters. The summed E-state index contributed by atoms with van der Waals surface area (Å²) in [6.45, 7) is 1.83. The standard InChI is InChI=1S/C19H18FN3O2S/c1-12(13-4-3-5-16(24)10-13)22-18(25)17-11-21-19(26-2)23(17)15-8-6-14(20)7-9-15/h3-12,24H,1-2H3,(H,22,25). The van der Waals surface area contributed by atoms with Gasteiger partial charge in [0.1, 0.15) is 17.3 Å². The lowest BCUT2D eigenvalue weighted by molar-refractivity contribution is 0.0932. The number of aromatic hydroxyl groups is 1. The van der Waals surface area contributed by atoms with E-state index in [1.807, 2.05) is 19.2 Å². The highest BCUT2D eigenvalue weighted by molar-refractivity contribution is 7.98. The highest BCUT2D eigenvalue weighted by atomic mass is 32.2. The van der Waals surface area contributed by atoms with Crippen LogP contribution in [0.4, 0.5) is 4.39 Å². The molecule has 1 aromatic heterocycles. The first-order chi connectivity index (χ1) is 12.5. The fraction of sp³-hybridized carbons (Fsp3) is 0.158. The number of halogens is 1. The number of nitrogens with one attached hydrogen (secondary N) is 1. The molecule has 0 aliphatic rings. The average molecular weight is 371 g/mol. The molecule has 26 heavy (non-hydrogen) atoms. The van der Waals surface area contributed by atoms with Gasteiger partial charge < -0.3 is 10.4 Å². The summed E-state index contributed by atoms with van der Waals surface area (Å²) in [6, 6.07) is 12.3. The number of hydrogen-bond acceptors (Lipinski definition) is 4. The van der Waals surface area contributed by atoms with Crippen LogP contribution in [0.15, 0.2) is 59.9 Å². The van der Waals surface area contributed by atoms with Gasteiger partial charge in [0.15, 0.2) is 5.16 Å². The molecular weight excluding hydrogens is 353 g/mol. The van der Waals surface area contributed by atoms with Crippen molar-refractivity contribution >= 4 is 17.7 Å². The second-order valence-electron chi connectivity index (χ2n) is 5.73. The minimum absolute atomic E-state index is 0.143. The van der Waals surface area contributed by atoms with Crippen LogP contribution in [0.3, 0.4) is 0 Å². The highest BCUT2D eigenvalue weighted by Crippen LogP contribution is 2.23. The molecule has 2 N–H and O–H groups in total. The zero-order chi connectivity index (χ0) is 18.7. The van der Waals surface area contributed by atoms with Crippen LogP contribution in [0, 0.1) is 5.82 Å². The highest BCUT2D eigenvalue weighted by Gasteiger charge is 2.19. The maximum Gasteiger partial charge on any atom is 0.270 e. The lowest BCUT2D eigenvalue weighted by atomic mass is 10.1. The van der Waals surface area contributed by atoms with Gasteiger partial charge in [0.25, 0.3) is 5.91 Å². The summed E-state index contributed by atoms with van der Waals surface area (Å²) < 4.78 is 14.9. The number of amides is 1. The van der Waals surface area contributed by atoms with Crippen LogP contribution in [0.1, 0.15) is 29.0 Å². The van der Waals surface area contributed by atoms with Gasteiger partial charge in [-0.15, -0.1) is 0 Å². The van der Waals surface area contributed by atoms with Crippen molar-refractivity contribution in [2.24, 2.45) is 0 Å². The van der Waals surface area contributed by atoms with Crippen LogP contribution >= 0.6 is 11.8 Å². The van der Waals surface area contributed by atoms with E-state index < -0.39 is 0 Å². The van der Waals surface area contributed by atoms with Gasteiger partial charge in [0, 0.05) is 5.69 Å². The SMILES string of the molecule is CSc1ncc(C(=O)NC(C)c2cccc(O)c2)n1-c1ccc(F)cc1. The maximum atomic E-state index is 13.2. The summed E-state index contributed by atoms with van der Waals surface area (Å²) in [5.41, 5.74) is 1.80. The quantitative estimate of drug-likeness (QED) is 0.667. The number of phenols is 1. The van der Waals surface area contributed by atoms with E-state index in [9.17, 15) is 14.3 Å². The van der Waals surface area contributed by atoms with Crippen molar-refractivity contribution in [3.05, 3.63) is 71.8 Å². The molecule has 0 spiro atoms. The monoisotopic (exact) mass is 371 g/mol. The van der Waals surface area contributed by atoms with Crippen LogP contribution in [-0.2, 0) is 0 Å². The van der Waals surface area contributed by atoms with Crippen molar-refractivity contribution in [1.29, 1.82) is 0 Å². The molecule has 0 radical (unpaired) electrons. The molecule has 0 aliphatic heterocycles.